The first-order valence-electron chi connectivity index (χ1n) is 25.4. The van der Waals surface area contributed by atoms with Crippen LogP contribution in [0.3, 0.4) is 0 Å². The molecule has 0 aromatic heterocycles. The Kier molecular flexibility index (Phi) is 24.3. The Balaban J connectivity index is 1.57. The van der Waals surface area contributed by atoms with Gasteiger partial charge in [0.15, 0.2) is 0 Å². The third kappa shape index (κ3) is 20.1. The first-order chi connectivity index (χ1) is 37.6. The molecule has 22 nitrogen and oxygen atoms in total. The van der Waals surface area contributed by atoms with Gasteiger partial charge >= 0.3 is 0 Å². The van der Waals surface area contributed by atoms with Crippen LogP contribution in [0.1, 0.15) is 65.7 Å². The standard InChI is InChI=1S/C54H68ClN11O11S2/c1-29(2)45-54(77)65-44(52(75)61-40(47(59)70)24-32-10-18-36(67)19-11-32)28-79-78-27-43(64-48(71)38(57)23-30-8-16-35(55)17-9-30)53(76)63-42(26-33-12-20-37(68)21-13-33)51(74)62-41(25-31-6-14-34(15-7-31)46(58)69)50(73)60-39(49(72)66-45)5-3-4-22-56/h6-21,29,38-45,67-68H,3-5,22-28,56-57H2,1-2H3,(H2,58,69)(H2,59,70)(H,60,73)(H,61,75)(H,62,74)(H,63,76)(H,64,71)(H,65,77)(H,66,72)/t38-,39-,40?,41+,42-,43+,44-,45?/m0/s1. The Morgan fingerprint density at radius 1 is 0.633 bits per heavy atom. The number of carbonyl (C=O) groups is 9. The monoisotopic (exact) mass is 1150 g/mol. The molecule has 1 aliphatic rings. The van der Waals surface area contributed by atoms with E-state index in [1.165, 1.54) is 72.8 Å². The first kappa shape index (κ1) is 62.5. The van der Waals surface area contributed by atoms with Crippen molar-refractivity contribution >= 4 is 86.4 Å². The second kappa shape index (κ2) is 30.7. The number of benzene rings is 4. The summed E-state index contributed by atoms with van der Waals surface area (Å²) in [7, 11) is 2.01. The largest absolute Gasteiger partial charge is 0.508 e. The van der Waals surface area contributed by atoms with Crippen LogP contribution in [0.2, 0.25) is 5.02 Å². The Morgan fingerprint density at radius 3 is 1.67 bits per heavy atom. The van der Waals surface area contributed by atoms with Gasteiger partial charge in [0.05, 0.1) is 6.04 Å². The minimum absolute atomic E-state index is 0.0274. The van der Waals surface area contributed by atoms with Crippen LogP contribution in [0.15, 0.2) is 97.1 Å². The van der Waals surface area contributed by atoms with E-state index in [1.807, 2.05) is 0 Å². The number of rotatable bonds is 19. The zero-order valence-corrected chi connectivity index (χ0v) is 46.0. The molecular formula is C54H68ClN11O11S2. The van der Waals surface area contributed by atoms with E-state index >= 15 is 0 Å². The Morgan fingerprint density at radius 2 is 1.13 bits per heavy atom. The van der Waals surface area contributed by atoms with Crippen LogP contribution in [-0.2, 0) is 64.0 Å². The molecule has 8 atom stereocenters. The topological polar surface area (TPSA) is 382 Å². The van der Waals surface area contributed by atoms with E-state index < -0.39 is 107 Å². The van der Waals surface area contributed by atoms with E-state index in [1.54, 1.807) is 38.1 Å². The van der Waals surface area contributed by atoms with Gasteiger partial charge in [-0.25, -0.2) is 0 Å². The highest BCUT2D eigenvalue weighted by atomic mass is 35.5. The normalized spacial score (nSPS) is 20.7. The summed E-state index contributed by atoms with van der Waals surface area (Å²) < 4.78 is 0. The van der Waals surface area contributed by atoms with Crippen LogP contribution < -0.4 is 60.2 Å². The lowest BCUT2D eigenvalue weighted by Crippen LogP contribution is -2.61. The highest BCUT2D eigenvalue weighted by Crippen LogP contribution is 2.25. The number of unbranched alkanes of at least 4 members (excludes halogenated alkanes) is 1. The molecule has 1 fully saturated rings. The second-order valence-corrected chi connectivity index (χ2v) is 22.3. The molecule has 0 saturated carbocycles. The van der Waals surface area contributed by atoms with Gasteiger partial charge in [0, 0.05) is 41.4 Å². The third-order valence-corrected chi connectivity index (χ3v) is 15.4. The van der Waals surface area contributed by atoms with Crippen molar-refractivity contribution in [2.75, 3.05) is 18.1 Å². The lowest BCUT2D eigenvalue weighted by atomic mass is 9.99. The van der Waals surface area contributed by atoms with Gasteiger partial charge < -0.3 is 70.4 Å². The Bertz CT molecular complexity index is 2760. The average Bonchev–Trinajstić information content (AvgIpc) is 3.41. The minimum atomic E-state index is -1.46. The number of aromatic hydroxyl groups is 2. The maximum atomic E-state index is 14.7. The maximum Gasteiger partial charge on any atom is 0.248 e. The second-order valence-electron chi connectivity index (χ2n) is 19.3. The molecule has 0 aliphatic carbocycles. The number of hydrogen-bond donors (Lipinski definition) is 13. The van der Waals surface area contributed by atoms with Gasteiger partial charge in [0.25, 0.3) is 0 Å². The van der Waals surface area contributed by atoms with Gasteiger partial charge in [-0.1, -0.05) is 95.6 Å². The van der Waals surface area contributed by atoms with E-state index in [9.17, 15) is 53.4 Å². The quantitative estimate of drug-likeness (QED) is 0.0449. The number of nitrogens with one attached hydrogen (secondary N) is 7. The molecule has 2 unspecified atom stereocenters. The predicted octanol–water partition coefficient (Wildman–Crippen LogP) is 0.507. The number of halogens is 1. The summed E-state index contributed by atoms with van der Waals surface area (Å²) in [4.78, 5) is 126. The van der Waals surface area contributed by atoms with E-state index in [0.29, 0.717) is 40.1 Å². The molecule has 4 aromatic rings. The number of amides is 9. The summed E-state index contributed by atoms with van der Waals surface area (Å²) in [5.74, 6) is -8.56. The Hall–Kier alpha value is -7.38. The number of hydrogen-bond acceptors (Lipinski definition) is 15. The smallest absolute Gasteiger partial charge is 0.248 e. The summed E-state index contributed by atoms with van der Waals surface area (Å²) in [6.45, 7) is 3.55. The predicted molar refractivity (Wildman–Crippen MR) is 301 cm³/mol. The van der Waals surface area contributed by atoms with Crippen molar-refractivity contribution < 1.29 is 53.4 Å². The zero-order valence-electron chi connectivity index (χ0n) is 43.6. The fourth-order valence-corrected chi connectivity index (χ4v) is 10.6. The summed E-state index contributed by atoms with van der Waals surface area (Å²) >= 11 is 6.08. The van der Waals surface area contributed by atoms with E-state index in [0.717, 1.165) is 21.6 Å². The van der Waals surface area contributed by atoms with Crippen molar-refractivity contribution in [3.05, 3.63) is 130 Å². The van der Waals surface area contributed by atoms with Crippen LogP contribution in [-0.4, -0.2) is 130 Å². The lowest BCUT2D eigenvalue weighted by Gasteiger charge is -2.29. The highest BCUT2D eigenvalue weighted by Gasteiger charge is 2.36. The van der Waals surface area contributed by atoms with Crippen molar-refractivity contribution in [3.8, 4) is 11.5 Å². The van der Waals surface area contributed by atoms with Crippen molar-refractivity contribution in [1.82, 2.24) is 37.2 Å². The SMILES string of the molecule is CC(C)C1NC(=O)[C@H](CCCCN)NC(=O)[C@@H](Cc2ccc(C(N)=O)cc2)NC(=O)[C@H](Cc2ccc(O)cc2)NC(=O)[C@H](NC(=O)[C@@H](N)Cc2ccc(Cl)cc2)CSSC[C@@H](C(=O)NC(Cc2ccc(O)cc2)C(N)=O)NC1=O. The van der Waals surface area contributed by atoms with Gasteiger partial charge in [-0.15, -0.1) is 0 Å². The fourth-order valence-electron chi connectivity index (χ4n) is 8.16. The van der Waals surface area contributed by atoms with Crippen LogP contribution >= 0.6 is 33.2 Å². The zero-order chi connectivity index (χ0) is 57.8. The lowest BCUT2D eigenvalue weighted by molar-refractivity contribution is -0.136. The van der Waals surface area contributed by atoms with Crippen LogP contribution in [0, 0.1) is 5.92 Å². The fraction of sp³-hybridized carbons (Fsp3) is 0.389. The van der Waals surface area contributed by atoms with E-state index in [4.69, 9.17) is 34.5 Å². The van der Waals surface area contributed by atoms with Gasteiger partial charge in [-0.05, 0) is 109 Å². The summed E-state index contributed by atoms with van der Waals surface area (Å²) in [5, 5.41) is 39.3. The molecule has 1 saturated heterocycles. The molecule has 25 heteroatoms. The number of carbonyl (C=O) groups excluding carboxylic acids is 9. The van der Waals surface area contributed by atoms with Gasteiger partial charge in [0.1, 0.15) is 53.8 Å². The molecule has 4 aromatic carbocycles. The molecule has 1 heterocycles. The number of primary amides is 2. The van der Waals surface area contributed by atoms with Crippen LogP contribution in [0.4, 0.5) is 0 Å². The van der Waals surface area contributed by atoms with Crippen molar-refractivity contribution in [1.29, 1.82) is 0 Å². The molecule has 1 aliphatic heterocycles. The molecule has 5 rings (SSSR count). The molecule has 17 N–H and O–H groups in total. The highest BCUT2D eigenvalue weighted by molar-refractivity contribution is 8.76. The van der Waals surface area contributed by atoms with Gasteiger partial charge in [-0.2, -0.15) is 0 Å². The van der Waals surface area contributed by atoms with E-state index in [-0.39, 0.29) is 67.2 Å². The number of phenols is 2. The molecule has 0 radical (unpaired) electrons. The van der Waals surface area contributed by atoms with E-state index in [2.05, 4.69) is 37.2 Å². The van der Waals surface area contributed by atoms with Crippen molar-refractivity contribution in [2.45, 2.75) is 107 Å². The van der Waals surface area contributed by atoms with Crippen molar-refractivity contribution in [2.24, 2.45) is 28.9 Å². The maximum absolute atomic E-state index is 14.7. The summed E-state index contributed by atoms with van der Waals surface area (Å²) in [5.41, 5.74) is 25.7. The number of phenolic OH excluding ortho intramolecular Hbond substituents is 2. The Labute approximate surface area is 470 Å². The summed E-state index contributed by atoms with van der Waals surface area (Å²) in [6, 6.07) is 13.4. The van der Waals surface area contributed by atoms with Gasteiger partial charge in [-0.3, -0.25) is 43.2 Å². The van der Waals surface area contributed by atoms with Crippen LogP contribution in [0.25, 0.3) is 0 Å². The first-order valence-corrected chi connectivity index (χ1v) is 28.3. The van der Waals surface area contributed by atoms with Crippen molar-refractivity contribution in [3.63, 3.8) is 0 Å². The molecule has 79 heavy (non-hydrogen) atoms. The average molecular weight is 1150 g/mol. The molecule has 9 amide bonds. The number of nitrogens with two attached hydrogens (primary N) is 4. The molecule has 424 valence electrons. The molecule has 0 spiro atoms. The molecule has 0 bridgehead atoms. The third-order valence-electron chi connectivity index (χ3n) is 12.7. The minimum Gasteiger partial charge on any atom is -0.508 e. The van der Waals surface area contributed by atoms with Crippen LogP contribution in [0.5, 0.6) is 11.5 Å². The molecular weight excluding hydrogens is 1080 g/mol. The van der Waals surface area contributed by atoms with Gasteiger partial charge in [0.2, 0.25) is 53.2 Å². The summed E-state index contributed by atoms with van der Waals surface area (Å²) in [6.07, 6.45) is 0.356.